The van der Waals surface area contributed by atoms with E-state index in [1.54, 1.807) is 6.07 Å². The highest BCUT2D eigenvalue weighted by molar-refractivity contribution is 5.87. The molecule has 0 radical (unpaired) electrons. The fraction of sp³-hybridized carbons (Fsp3) is 0.217. The number of amides is 2. The van der Waals surface area contributed by atoms with Gasteiger partial charge in [0.1, 0.15) is 19.2 Å². The number of ether oxygens (including phenoxy) is 2. The zero-order valence-corrected chi connectivity index (χ0v) is 17.0. The van der Waals surface area contributed by atoms with E-state index in [1.807, 2.05) is 60.7 Å². The molecule has 3 aromatic rings. The van der Waals surface area contributed by atoms with Gasteiger partial charge in [-0.15, -0.1) is 0 Å². The van der Waals surface area contributed by atoms with Crippen LogP contribution in [0.5, 0.6) is 0 Å². The molecule has 3 rings (SSSR count). The minimum atomic E-state index is -0.937. The third-order valence-corrected chi connectivity index (χ3v) is 4.50. The summed E-state index contributed by atoms with van der Waals surface area (Å²) >= 11 is 0. The third-order valence-electron chi connectivity index (χ3n) is 4.50. The lowest BCUT2D eigenvalue weighted by Crippen LogP contribution is -2.47. The van der Waals surface area contributed by atoms with Gasteiger partial charge in [0.2, 0.25) is 5.91 Å². The molecule has 1 aromatic heterocycles. The van der Waals surface area contributed by atoms with Crippen LogP contribution in [0.4, 0.5) is 4.79 Å². The maximum atomic E-state index is 12.2. The number of hydrogen-bond acceptors (Lipinski definition) is 6. The van der Waals surface area contributed by atoms with E-state index in [2.05, 4.69) is 15.6 Å². The molecule has 1 atom stereocenters. The van der Waals surface area contributed by atoms with Crippen molar-refractivity contribution in [3.05, 3.63) is 78.0 Å². The molecule has 2 amide bonds. The first-order chi connectivity index (χ1) is 15.0. The maximum Gasteiger partial charge on any atom is 0.407 e. The van der Waals surface area contributed by atoms with Gasteiger partial charge in [-0.05, 0) is 17.7 Å². The zero-order chi connectivity index (χ0) is 22.1. The predicted octanol–water partition coefficient (Wildman–Crippen LogP) is 2.36. The molecule has 2 N–H and O–H groups in total. The zero-order valence-electron chi connectivity index (χ0n) is 17.0. The summed E-state index contributed by atoms with van der Waals surface area (Å²) in [5.74, 6) is -1.15. The van der Waals surface area contributed by atoms with Crippen LogP contribution in [-0.2, 0) is 32.1 Å². The van der Waals surface area contributed by atoms with E-state index in [4.69, 9.17) is 9.47 Å². The summed E-state index contributed by atoms with van der Waals surface area (Å²) < 4.78 is 9.85. The van der Waals surface area contributed by atoms with Crippen molar-refractivity contribution >= 4 is 28.9 Å². The largest absolute Gasteiger partial charge is 0.467 e. The van der Waals surface area contributed by atoms with Crippen molar-refractivity contribution in [3.8, 4) is 0 Å². The number of nitrogens with zero attached hydrogens (tertiary/aromatic N) is 1. The highest BCUT2D eigenvalue weighted by Gasteiger charge is 2.23. The van der Waals surface area contributed by atoms with Gasteiger partial charge in [0, 0.05) is 17.5 Å². The van der Waals surface area contributed by atoms with E-state index in [0.717, 1.165) is 16.5 Å². The second-order valence-electron chi connectivity index (χ2n) is 6.76. The lowest BCUT2D eigenvalue weighted by molar-refractivity contribution is -0.144. The van der Waals surface area contributed by atoms with Crippen molar-refractivity contribution < 1.29 is 23.9 Å². The molecule has 0 spiro atoms. The average molecular weight is 421 g/mol. The Hall–Kier alpha value is -3.94. The molecule has 0 unspecified atom stereocenters. The molecule has 0 saturated heterocycles. The number of esters is 1. The van der Waals surface area contributed by atoms with E-state index < -0.39 is 24.0 Å². The van der Waals surface area contributed by atoms with Crippen LogP contribution in [0.2, 0.25) is 0 Å². The fourth-order valence-electron chi connectivity index (χ4n) is 2.94. The van der Waals surface area contributed by atoms with Crippen LogP contribution in [0.15, 0.2) is 66.7 Å². The van der Waals surface area contributed by atoms with Gasteiger partial charge in [-0.25, -0.2) is 9.59 Å². The van der Waals surface area contributed by atoms with Crippen LogP contribution in [0.1, 0.15) is 11.3 Å². The predicted molar refractivity (Wildman–Crippen MR) is 114 cm³/mol. The Morgan fingerprint density at radius 1 is 0.968 bits per heavy atom. The number of fused-ring (bicyclic) bond motifs is 1. The molecule has 0 bridgehead atoms. The molecule has 0 saturated carbocycles. The lowest BCUT2D eigenvalue weighted by Gasteiger charge is -2.16. The van der Waals surface area contributed by atoms with Crippen LogP contribution < -0.4 is 10.6 Å². The fourth-order valence-corrected chi connectivity index (χ4v) is 2.94. The van der Waals surface area contributed by atoms with Crippen LogP contribution >= 0.6 is 0 Å². The summed E-state index contributed by atoms with van der Waals surface area (Å²) in [5.41, 5.74) is 2.25. The number of carbonyl (C=O) groups is 3. The standard InChI is InChI=1S/C23H23N3O5/c1-30-22(28)20(13-18-12-11-17-9-5-6-10-19(17)25-18)26-21(27)14-24-23(29)31-15-16-7-3-2-4-8-16/h2-12,20H,13-15H2,1H3,(H,24,29)(H,26,27)/t20-/m0/s1. The number of nitrogens with one attached hydrogen (secondary N) is 2. The lowest BCUT2D eigenvalue weighted by atomic mass is 10.1. The smallest absolute Gasteiger partial charge is 0.407 e. The van der Waals surface area contributed by atoms with Crippen molar-refractivity contribution in [1.82, 2.24) is 15.6 Å². The number of carbonyl (C=O) groups excluding carboxylic acids is 3. The van der Waals surface area contributed by atoms with Crippen LogP contribution in [-0.4, -0.2) is 42.7 Å². The summed E-state index contributed by atoms with van der Waals surface area (Å²) in [7, 11) is 1.24. The molecular weight excluding hydrogens is 398 g/mol. The normalized spacial score (nSPS) is 11.4. The summed E-state index contributed by atoms with van der Waals surface area (Å²) in [6.07, 6.45) is -0.577. The molecule has 1 heterocycles. The average Bonchev–Trinajstić information content (AvgIpc) is 2.81. The summed E-state index contributed by atoms with van der Waals surface area (Å²) in [4.78, 5) is 40.7. The summed E-state index contributed by atoms with van der Waals surface area (Å²) in [6, 6.07) is 19.5. The number of hydrogen-bond donors (Lipinski definition) is 2. The monoisotopic (exact) mass is 421 g/mol. The Balaban J connectivity index is 1.52. The number of para-hydroxylation sites is 1. The first-order valence-corrected chi connectivity index (χ1v) is 9.71. The van der Waals surface area contributed by atoms with Crippen molar-refractivity contribution in [1.29, 1.82) is 0 Å². The van der Waals surface area contributed by atoms with E-state index in [-0.39, 0.29) is 19.6 Å². The first kappa shape index (κ1) is 21.8. The van der Waals surface area contributed by atoms with Gasteiger partial charge in [0.15, 0.2) is 0 Å². The Kier molecular flexibility index (Phi) is 7.53. The number of methoxy groups -OCH3 is 1. The Morgan fingerprint density at radius 2 is 1.71 bits per heavy atom. The van der Waals surface area contributed by atoms with Crippen molar-refractivity contribution in [2.75, 3.05) is 13.7 Å². The van der Waals surface area contributed by atoms with Crippen molar-refractivity contribution in [2.24, 2.45) is 0 Å². The number of rotatable bonds is 8. The molecule has 2 aromatic carbocycles. The van der Waals surface area contributed by atoms with Crippen molar-refractivity contribution in [2.45, 2.75) is 19.1 Å². The number of alkyl carbamates (subject to hydrolysis) is 1. The molecule has 0 aliphatic rings. The summed E-state index contributed by atoms with van der Waals surface area (Å²) in [5, 5.41) is 5.91. The molecule has 0 aliphatic heterocycles. The SMILES string of the molecule is COC(=O)[C@H](Cc1ccc2ccccc2n1)NC(=O)CNC(=O)OCc1ccccc1. The summed E-state index contributed by atoms with van der Waals surface area (Å²) in [6.45, 7) is -0.251. The third kappa shape index (κ3) is 6.53. The molecule has 0 fully saturated rings. The first-order valence-electron chi connectivity index (χ1n) is 9.71. The Bertz CT molecular complexity index is 1060. The molecule has 8 nitrogen and oxygen atoms in total. The Labute approximate surface area is 179 Å². The molecule has 31 heavy (non-hydrogen) atoms. The van der Waals surface area contributed by atoms with Gasteiger partial charge in [-0.2, -0.15) is 0 Å². The van der Waals surface area contributed by atoms with Gasteiger partial charge in [-0.3, -0.25) is 9.78 Å². The van der Waals surface area contributed by atoms with Gasteiger partial charge in [0.05, 0.1) is 12.6 Å². The molecule has 0 aliphatic carbocycles. The van der Waals surface area contributed by atoms with Gasteiger partial charge >= 0.3 is 12.1 Å². The van der Waals surface area contributed by atoms with Crippen molar-refractivity contribution in [3.63, 3.8) is 0 Å². The topological polar surface area (TPSA) is 107 Å². The van der Waals surface area contributed by atoms with E-state index in [0.29, 0.717) is 5.69 Å². The second kappa shape index (κ2) is 10.7. The molecule has 8 heteroatoms. The van der Waals surface area contributed by atoms with Crippen LogP contribution in [0.25, 0.3) is 10.9 Å². The number of benzene rings is 2. The molecular formula is C23H23N3O5. The van der Waals surface area contributed by atoms with Gasteiger partial charge in [-0.1, -0.05) is 54.6 Å². The van der Waals surface area contributed by atoms with E-state index in [1.165, 1.54) is 7.11 Å². The minimum absolute atomic E-state index is 0.0900. The minimum Gasteiger partial charge on any atom is -0.467 e. The molecule has 160 valence electrons. The van der Waals surface area contributed by atoms with E-state index >= 15 is 0 Å². The second-order valence-corrected chi connectivity index (χ2v) is 6.76. The van der Waals surface area contributed by atoms with Crippen LogP contribution in [0.3, 0.4) is 0 Å². The number of pyridine rings is 1. The maximum absolute atomic E-state index is 12.2. The highest BCUT2D eigenvalue weighted by atomic mass is 16.5. The number of aromatic nitrogens is 1. The van der Waals surface area contributed by atoms with Gasteiger partial charge in [0.25, 0.3) is 0 Å². The Morgan fingerprint density at radius 3 is 2.48 bits per heavy atom. The highest BCUT2D eigenvalue weighted by Crippen LogP contribution is 2.13. The van der Waals surface area contributed by atoms with Crippen LogP contribution in [0, 0.1) is 0 Å². The van der Waals surface area contributed by atoms with Gasteiger partial charge < -0.3 is 20.1 Å². The van der Waals surface area contributed by atoms with E-state index in [9.17, 15) is 14.4 Å². The quantitative estimate of drug-likeness (QED) is 0.541.